The van der Waals surface area contributed by atoms with Gasteiger partial charge < -0.3 is 16.0 Å². The number of carbonyl (C=O) groups excluding carboxylic acids is 2. The molecular weight excluding hydrogens is 302 g/mol. The smallest absolute Gasteiger partial charge is 0.251 e. The quantitative estimate of drug-likeness (QED) is 0.750. The van der Waals surface area contributed by atoms with Crippen molar-refractivity contribution in [3.8, 4) is 0 Å². The Kier molecular flexibility index (Phi) is 6.79. The van der Waals surface area contributed by atoms with Crippen LogP contribution in [-0.2, 0) is 4.79 Å². The van der Waals surface area contributed by atoms with Gasteiger partial charge in [-0.15, -0.1) is 0 Å². The summed E-state index contributed by atoms with van der Waals surface area (Å²) < 4.78 is 0. The summed E-state index contributed by atoms with van der Waals surface area (Å²) in [4.78, 5) is 24.3. The fourth-order valence-electron chi connectivity index (χ4n) is 3.23. The normalized spacial score (nSPS) is 16.5. The lowest BCUT2D eigenvalue weighted by atomic mass is 9.84. The summed E-state index contributed by atoms with van der Waals surface area (Å²) in [6, 6.07) is 5.41. The van der Waals surface area contributed by atoms with E-state index in [0.29, 0.717) is 30.4 Å². The van der Waals surface area contributed by atoms with Crippen molar-refractivity contribution in [1.82, 2.24) is 10.6 Å². The largest absolute Gasteiger partial charge is 0.352 e. The maximum atomic E-state index is 12.4. The number of carbonyl (C=O) groups is 2. The Bertz CT molecular complexity index is 580. The molecule has 0 radical (unpaired) electrons. The molecule has 5 heteroatoms. The molecule has 5 nitrogen and oxygen atoms in total. The Morgan fingerprint density at radius 3 is 2.67 bits per heavy atom. The molecule has 0 aromatic heterocycles. The minimum Gasteiger partial charge on any atom is -0.352 e. The molecule has 132 valence electrons. The molecule has 1 unspecified atom stereocenters. The number of aryl methyl sites for hydroxylation is 1. The summed E-state index contributed by atoms with van der Waals surface area (Å²) in [7, 11) is 0. The molecule has 2 amide bonds. The van der Waals surface area contributed by atoms with Crippen LogP contribution in [0.2, 0.25) is 0 Å². The lowest BCUT2D eigenvalue weighted by Gasteiger charge is -2.28. The summed E-state index contributed by atoms with van der Waals surface area (Å²) in [6.45, 7) is 8.66. The minimum absolute atomic E-state index is 0.0252. The van der Waals surface area contributed by atoms with Crippen LogP contribution in [-0.4, -0.2) is 31.4 Å². The second-order valence-electron chi connectivity index (χ2n) is 6.71. The predicted octanol–water partition coefficient (Wildman–Crippen LogP) is 2.71. The molecule has 1 fully saturated rings. The molecule has 0 aliphatic carbocycles. The van der Waals surface area contributed by atoms with Crippen molar-refractivity contribution in [1.29, 1.82) is 0 Å². The van der Waals surface area contributed by atoms with Crippen LogP contribution in [0.25, 0.3) is 0 Å². The van der Waals surface area contributed by atoms with Crippen molar-refractivity contribution in [3.63, 3.8) is 0 Å². The van der Waals surface area contributed by atoms with Crippen LogP contribution in [0.5, 0.6) is 0 Å². The minimum atomic E-state index is -0.115. The van der Waals surface area contributed by atoms with Gasteiger partial charge in [0.1, 0.15) is 0 Å². The van der Waals surface area contributed by atoms with Crippen LogP contribution < -0.4 is 16.0 Å². The van der Waals surface area contributed by atoms with E-state index in [1.165, 1.54) is 0 Å². The first-order valence-electron chi connectivity index (χ1n) is 8.90. The maximum absolute atomic E-state index is 12.4. The van der Waals surface area contributed by atoms with E-state index in [2.05, 4.69) is 22.9 Å². The Morgan fingerprint density at radius 1 is 1.29 bits per heavy atom. The fraction of sp³-hybridized carbons (Fsp3) is 0.579. The SMILES string of the molecule is CCNC(=O)c1ccc(C)c(NC(=O)CC(C)C2CCNCC2)c1. The zero-order valence-electron chi connectivity index (χ0n) is 14.9. The molecular formula is C19H29N3O2. The summed E-state index contributed by atoms with van der Waals surface area (Å²) in [5, 5.41) is 9.12. The van der Waals surface area contributed by atoms with Crippen LogP contribution in [0.4, 0.5) is 5.69 Å². The van der Waals surface area contributed by atoms with Crippen molar-refractivity contribution >= 4 is 17.5 Å². The number of amides is 2. The van der Waals surface area contributed by atoms with E-state index in [1.807, 2.05) is 19.9 Å². The summed E-state index contributed by atoms with van der Waals surface area (Å²) in [6.07, 6.45) is 2.80. The van der Waals surface area contributed by atoms with Gasteiger partial charge >= 0.3 is 0 Å². The van der Waals surface area contributed by atoms with Gasteiger partial charge in [0.2, 0.25) is 5.91 Å². The lowest BCUT2D eigenvalue weighted by Crippen LogP contribution is -2.32. The van der Waals surface area contributed by atoms with Crippen LogP contribution in [0.1, 0.15) is 49.0 Å². The molecule has 24 heavy (non-hydrogen) atoms. The summed E-state index contributed by atoms with van der Waals surface area (Å²) in [5.41, 5.74) is 2.26. The average Bonchev–Trinajstić information content (AvgIpc) is 2.57. The number of hydrogen-bond donors (Lipinski definition) is 3. The number of nitrogens with one attached hydrogen (secondary N) is 3. The van der Waals surface area contributed by atoms with Gasteiger partial charge in [-0.3, -0.25) is 9.59 Å². The van der Waals surface area contributed by atoms with Crippen molar-refractivity contribution in [3.05, 3.63) is 29.3 Å². The van der Waals surface area contributed by atoms with E-state index < -0.39 is 0 Å². The number of anilines is 1. The van der Waals surface area contributed by atoms with Gasteiger partial charge in [0.15, 0.2) is 0 Å². The highest BCUT2D eigenvalue weighted by atomic mass is 16.2. The third kappa shape index (κ3) is 5.06. The number of rotatable bonds is 6. The van der Waals surface area contributed by atoms with Crippen LogP contribution in [0.3, 0.4) is 0 Å². The second-order valence-corrected chi connectivity index (χ2v) is 6.71. The molecule has 0 saturated carbocycles. The molecule has 0 spiro atoms. The number of piperidine rings is 1. The standard InChI is InChI=1S/C19H29N3O2/c1-4-21-19(24)16-6-5-13(2)17(12-16)22-18(23)11-14(3)15-7-9-20-10-8-15/h5-6,12,14-15,20H,4,7-11H2,1-3H3,(H,21,24)(H,22,23). The summed E-state index contributed by atoms with van der Waals surface area (Å²) >= 11 is 0. The molecule has 1 saturated heterocycles. The van der Waals surface area contributed by atoms with Gasteiger partial charge in [-0.2, -0.15) is 0 Å². The van der Waals surface area contributed by atoms with Crippen molar-refractivity contribution in [2.45, 2.75) is 40.0 Å². The fourth-order valence-corrected chi connectivity index (χ4v) is 3.23. The molecule has 1 aliphatic heterocycles. The Morgan fingerprint density at radius 2 is 2.00 bits per heavy atom. The number of hydrogen-bond acceptors (Lipinski definition) is 3. The maximum Gasteiger partial charge on any atom is 0.251 e. The van der Waals surface area contributed by atoms with E-state index >= 15 is 0 Å². The van der Waals surface area contributed by atoms with E-state index in [4.69, 9.17) is 0 Å². The van der Waals surface area contributed by atoms with E-state index in [9.17, 15) is 9.59 Å². The van der Waals surface area contributed by atoms with E-state index in [-0.39, 0.29) is 11.8 Å². The monoisotopic (exact) mass is 331 g/mol. The first kappa shape index (κ1) is 18.5. The van der Waals surface area contributed by atoms with Gasteiger partial charge in [0.25, 0.3) is 5.91 Å². The molecule has 3 N–H and O–H groups in total. The molecule has 2 rings (SSSR count). The molecule has 1 atom stereocenters. The highest BCUT2D eigenvalue weighted by Gasteiger charge is 2.22. The van der Waals surface area contributed by atoms with Gasteiger partial charge in [0, 0.05) is 24.2 Å². The Labute approximate surface area is 144 Å². The van der Waals surface area contributed by atoms with Crippen molar-refractivity contribution < 1.29 is 9.59 Å². The average molecular weight is 331 g/mol. The first-order valence-corrected chi connectivity index (χ1v) is 8.90. The zero-order valence-corrected chi connectivity index (χ0v) is 14.9. The van der Waals surface area contributed by atoms with Gasteiger partial charge in [-0.1, -0.05) is 13.0 Å². The molecule has 1 aliphatic rings. The van der Waals surface area contributed by atoms with Crippen molar-refractivity contribution in [2.75, 3.05) is 25.0 Å². The number of benzene rings is 1. The predicted molar refractivity (Wildman–Crippen MR) is 97.2 cm³/mol. The van der Waals surface area contributed by atoms with E-state index in [1.54, 1.807) is 12.1 Å². The van der Waals surface area contributed by atoms with Gasteiger partial charge in [-0.05, 0) is 69.3 Å². The van der Waals surface area contributed by atoms with E-state index in [0.717, 1.165) is 37.2 Å². The zero-order chi connectivity index (χ0) is 17.5. The Hall–Kier alpha value is -1.88. The van der Waals surface area contributed by atoms with Crippen LogP contribution in [0.15, 0.2) is 18.2 Å². The lowest BCUT2D eigenvalue weighted by molar-refractivity contribution is -0.117. The topological polar surface area (TPSA) is 70.2 Å². The van der Waals surface area contributed by atoms with Crippen molar-refractivity contribution in [2.24, 2.45) is 11.8 Å². The third-order valence-corrected chi connectivity index (χ3v) is 4.81. The molecule has 1 aromatic rings. The first-order chi connectivity index (χ1) is 11.5. The molecule has 1 aromatic carbocycles. The Balaban J connectivity index is 1.97. The molecule has 1 heterocycles. The third-order valence-electron chi connectivity index (χ3n) is 4.81. The van der Waals surface area contributed by atoms with Gasteiger partial charge in [0.05, 0.1) is 0 Å². The summed E-state index contributed by atoms with van der Waals surface area (Å²) in [5.74, 6) is 0.895. The molecule has 0 bridgehead atoms. The van der Waals surface area contributed by atoms with Gasteiger partial charge in [-0.25, -0.2) is 0 Å². The highest BCUT2D eigenvalue weighted by Crippen LogP contribution is 2.25. The highest BCUT2D eigenvalue weighted by molar-refractivity contribution is 5.97. The van der Waals surface area contributed by atoms with Crippen LogP contribution in [0, 0.1) is 18.8 Å². The second kappa shape index (κ2) is 8.83. The van der Waals surface area contributed by atoms with Crippen LogP contribution >= 0.6 is 0 Å².